The lowest BCUT2D eigenvalue weighted by Gasteiger charge is -2.11. The lowest BCUT2D eigenvalue weighted by atomic mass is 10.1. The molecule has 0 spiro atoms. The predicted molar refractivity (Wildman–Crippen MR) is 102 cm³/mol. The van der Waals surface area contributed by atoms with E-state index < -0.39 is 21.6 Å². The minimum Gasteiger partial charge on any atom is -0.392 e. The fourth-order valence-corrected chi connectivity index (χ4v) is 3.46. The highest BCUT2D eigenvalue weighted by Crippen LogP contribution is 2.21. The van der Waals surface area contributed by atoms with Crippen LogP contribution in [0, 0.1) is 5.82 Å². The predicted octanol–water partition coefficient (Wildman–Crippen LogP) is 2.93. The number of rotatable bonds is 6. The number of nitrogens with one attached hydrogen (secondary N) is 1. The molecule has 0 atom stereocenters. The average Bonchev–Trinajstić information content (AvgIpc) is 3.17. The molecule has 2 aromatic rings. The SMILES string of the molecule is CS(=O)(=O)c1ccc(C(=NOC2CCCC2)C(=O)Nc2ccc(F)cn2)cc1. The standard InChI is InChI=1S/C19H20FN3O4S/c1-28(25,26)16-9-6-13(7-10-16)18(23-27-15-4-2-3-5-15)19(24)22-17-11-8-14(20)12-21-17/h6-12,15H,2-5H2,1H3,(H,21,22,24). The van der Waals surface area contributed by atoms with E-state index >= 15 is 0 Å². The van der Waals surface area contributed by atoms with Crippen molar-refractivity contribution >= 4 is 27.3 Å². The van der Waals surface area contributed by atoms with Gasteiger partial charge in [-0.2, -0.15) is 0 Å². The van der Waals surface area contributed by atoms with E-state index in [1.165, 1.54) is 36.4 Å². The third-order valence-corrected chi connectivity index (χ3v) is 5.46. The zero-order chi connectivity index (χ0) is 20.1. The molecule has 1 aliphatic rings. The number of sulfone groups is 1. The van der Waals surface area contributed by atoms with Gasteiger partial charge < -0.3 is 10.2 Å². The monoisotopic (exact) mass is 405 g/mol. The number of amides is 1. The van der Waals surface area contributed by atoms with Crippen molar-refractivity contribution in [1.29, 1.82) is 0 Å². The van der Waals surface area contributed by atoms with E-state index in [1.807, 2.05) is 0 Å². The second kappa shape index (κ2) is 8.47. The number of aromatic nitrogens is 1. The van der Waals surface area contributed by atoms with E-state index in [9.17, 15) is 17.6 Å². The smallest absolute Gasteiger partial charge is 0.279 e. The maximum absolute atomic E-state index is 13.0. The van der Waals surface area contributed by atoms with Crippen LogP contribution in [0.5, 0.6) is 0 Å². The zero-order valence-electron chi connectivity index (χ0n) is 15.3. The molecule has 148 valence electrons. The minimum atomic E-state index is -3.36. The van der Waals surface area contributed by atoms with Crippen LogP contribution in [-0.4, -0.2) is 37.4 Å². The van der Waals surface area contributed by atoms with Crippen LogP contribution in [0.1, 0.15) is 31.2 Å². The second-order valence-corrected chi connectivity index (χ2v) is 8.58. The Bertz CT molecular complexity index is 967. The Kier molecular flexibility index (Phi) is 6.03. The van der Waals surface area contributed by atoms with E-state index in [0.29, 0.717) is 5.56 Å². The number of nitrogens with zero attached hydrogens (tertiary/aromatic N) is 2. The summed E-state index contributed by atoms with van der Waals surface area (Å²) in [5.41, 5.74) is 0.378. The quantitative estimate of drug-likeness (QED) is 0.589. The number of anilines is 1. The summed E-state index contributed by atoms with van der Waals surface area (Å²) in [5.74, 6) is -0.954. The number of halogens is 1. The average molecular weight is 405 g/mol. The molecule has 1 aliphatic carbocycles. The Morgan fingerprint density at radius 2 is 1.86 bits per heavy atom. The Labute approximate surface area is 162 Å². The summed E-state index contributed by atoms with van der Waals surface area (Å²) in [6.45, 7) is 0. The summed E-state index contributed by atoms with van der Waals surface area (Å²) in [7, 11) is -3.36. The third-order valence-electron chi connectivity index (χ3n) is 4.34. The van der Waals surface area contributed by atoms with E-state index in [0.717, 1.165) is 38.1 Å². The van der Waals surface area contributed by atoms with Crippen molar-refractivity contribution in [2.45, 2.75) is 36.7 Å². The first kappa shape index (κ1) is 19.9. The van der Waals surface area contributed by atoms with Crippen molar-refractivity contribution in [2.24, 2.45) is 5.16 Å². The highest BCUT2D eigenvalue weighted by molar-refractivity contribution is 7.90. The normalized spacial score (nSPS) is 15.4. The lowest BCUT2D eigenvalue weighted by molar-refractivity contribution is -0.110. The van der Waals surface area contributed by atoms with Gasteiger partial charge in [0, 0.05) is 11.8 Å². The van der Waals surface area contributed by atoms with Crippen LogP contribution in [0.4, 0.5) is 10.2 Å². The van der Waals surface area contributed by atoms with Crippen molar-refractivity contribution in [3.8, 4) is 0 Å². The molecule has 1 amide bonds. The van der Waals surface area contributed by atoms with Crippen LogP contribution in [0.15, 0.2) is 52.6 Å². The summed E-state index contributed by atoms with van der Waals surface area (Å²) < 4.78 is 36.3. The van der Waals surface area contributed by atoms with E-state index in [4.69, 9.17) is 4.84 Å². The number of hydrogen-bond donors (Lipinski definition) is 1. The Hall–Kier alpha value is -2.81. The second-order valence-electron chi connectivity index (χ2n) is 6.56. The summed E-state index contributed by atoms with van der Waals surface area (Å²) in [4.78, 5) is 22.2. The Balaban J connectivity index is 1.86. The highest BCUT2D eigenvalue weighted by Gasteiger charge is 2.20. The van der Waals surface area contributed by atoms with Gasteiger partial charge in [0.25, 0.3) is 5.91 Å². The van der Waals surface area contributed by atoms with Gasteiger partial charge in [0.2, 0.25) is 0 Å². The molecule has 1 fully saturated rings. The molecule has 0 aliphatic heterocycles. The summed E-state index contributed by atoms with van der Waals surface area (Å²) in [6, 6.07) is 8.29. The van der Waals surface area contributed by atoms with Crippen LogP contribution in [0.2, 0.25) is 0 Å². The molecule has 0 bridgehead atoms. The van der Waals surface area contributed by atoms with Crippen LogP contribution < -0.4 is 5.32 Å². The molecule has 1 aromatic heterocycles. The lowest BCUT2D eigenvalue weighted by Crippen LogP contribution is -2.25. The molecule has 28 heavy (non-hydrogen) atoms. The molecule has 1 saturated carbocycles. The van der Waals surface area contributed by atoms with Crippen molar-refractivity contribution < 1.29 is 22.4 Å². The van der Waals surface area contributed by atoms with Gasteiger partial charge in [-0.1, -0.05) is 17.3 Å². The summed E-state index contributed by atoms with van der Waals surface area (Å²) in [6.07, 6.45) is 5.86. The van der Waals surface area contributed by atoms with Gasteiger partial charge in [0.1, 0.15) is 17.7 Å². The topological polar surface area (TPSA) is 97.7 Å². The van der Waals surface area contributed by atoms with Gasteiger partial charge in [0.05, 0.1) is 11.1 Å². The van der Waals surface area contributed by atoms with Gasteiger partial charge in [-0.25, -0.2) is 17.8 Å². The molecular weight excluding hydrogens is 385 g/mol. The highest BCUT2D eigenvalue weighted by atomic mass is 32.2. The van der Waals surface area contributed by atoms with Gasteiger partial charge in [0.15, 0.2) is 15.5 Å². The van der Waals surface area contributed by atoms with Crippen LogP contribution >= 0.6 is 0 Å². The van der Waals surface area contributed by atoms with Gasteiger partial charge in [-0.15, -0.1) is 0 Å². The molecule has 0 radical (unpaired) electrons. The van der Waals surface area contributed by atoms with Crippen LogP contribution in [-0.2, 0) is 19.5 Å². The maximum atomic E-state index is 13.0. The molecule has 1 heterocycles. The maximum Gasteiger partial charge on any atom is 0.279 e. The Morgan fingerprint density at radius 1 is 1.18 bits per heavy atom. The molecule has 7 nitrogen and oxygen atoms in total. The van der Waals surface area contributed by atoms with Crippen molar-refractivity contribution in [1.82, 2.24) is 4.98 Å². The van der Waals surface area contributed by atoms with Gasteiger partial charge in [-0.3, -0.25) is 4.79 Å². The fraction of sp³-hybridized carbons (Fsp3) is 0.316. The number of benzene rings is 1. The first-order valence-corrected chi connectivity index (χ1v) is 10.7. The van der Waals surface area contributed by atoms with E-state index in [-0.39, 0.29) is 22.5 Å². The number of hydrogen-bond acceptors (Lipinski definition) is 6. The van der Waals surface area contributed by atoms with Crippen molar-refractivity contribution in [3.63, 3.8) is 0 Å². The number of carbonyl (C=O) groups excluding carboxylic acids is 1. The van der Waals surface area contributed by atoms with Crippen molar-refractivity contribution in [2.75, 3.05) is 11.6 Å². The third kappa shape index (κ3) is 5.13. The first-order chi connectivity index (χ1) is 13.3. The zero-order valence-corrected chi connectivity index (χ0v) is 16.1. The molecule has 1 N–H and O–H groups in total. The molecule has 3 rings (SSSR count). The molecular formula is C19H20FN3O4S. The van der Waals surface area contributed by atoms with E-state index in [2.05, 4.69) is 15.5 Å². The van der Waals surface area contributed by atoms with Crippen LogP contribution in [0.3, 0.4) is 0 Å². The minimum absolute atomic E-state index is 0.0157. The first-order valence-electron chi connectivity index (χ1n) is 8.80. The van der Waals surface area contributed by atoms with E-state index in [1.54, 1.807) is 0 Å². The molecule has 0 saturated heterocycles. The fourth-order valence-electron chi connectivity index (χ4n) is 2.83. The Morgan fingerprint density at radius 3 is 2.43 bits per heavy atom. The van der Waals surface area contributed by atoms with Crippen LogP contribution in [0.25, 0.3) is 0 Å². The number of oxime groups is 1. The van der Waals surface area contributed by atoms with Gasteiger partial charge in [-0.05, 0) is 49.9 Å². The molecule has 0 unspecified atom stereocenters. The summed E-state index contributed by atoms with van der Waals surface area (Å²) in [5, 5.41) is 6.58. The van der Waals surface area contributed by atoms with Crippen molar-refractivity contribution in [3.05, 3.63) is 54.0 Å². The number of pyridine rings is 1. The molecule has 9 heteroatoms. The van der Waals surface area contributed by atoms with Gasteiger partial charge >= 0.3 is 0 Å². The number of carbonyl (C=O) groups is 1. The largest absolute Gasteiger partial charge is 0.392 e. The molecule has 1 aromatic carbocycles. The summed E-state index contributed by atoms with van der Waals surface area (Å²) >= 11 is 0.